The SMILES string of the molecule is CC(C[P+](O)(O)C1=NC(=O)[C@H](CC(=O)O)NC(=O)[C@@H](NC(=O)[C@@H](N)CCC(=O)O)CCCCCC1)C(=O)N[C@H](C(=O)N[C@@H](CCC(=O)O)C(=O)N[C@@H](Cc1ccccc1)C(=O)O)C(C)C. The summed E-state index contributed by atoms with van der Waals surface area (Å²) in [5, 5.41) is 49.5. The fraction of sp³-hybridized carbons (Fsp3) is 0.585. The Morgan fingerprint density at radius 2 is 1.37 bits per heavy atom. The normalized spacial score (nSPS) is 18.6. The highest BCUT2D eigenvalue weighted by molar-refractivity contribution is 7.81. The van der Waals surface area contributed by atoms with Gasteiger partial charge in [0.25, 0.3) is 5.91 Å². The van der Waals surface area contributed by atoms with Crippen LogP contribution in [0.3, 0.4) is 0 Å². The molecule has 0 radical (unpaired) electrons. The van der Waals surface area contributed by atoms with Crippen molar-refractivity contribution >= 4 is 72.5 Å². The summed E-state index contributed by atoms with van der Waals surface area (Å²) >= 11 is 0. The topological polar surface area (TPSA) is 391 Å². The van der Waals surface area contributed by atoms with E-state index in [9.17, 15) is 73.1 Å². The van der Waals surface area contributed by atoms with Crippen LogP contribution in [-0.2, 0) is 54.4 Å². The van der Waals surface area contributed by atoms with Gasteiger partial charge < -0.3 is 52.7 Å². The van der Waals surface area contributed by atoms with E-state index in [1.807, 2.05) is 0 Å². The van der Waals surface area contributed by atoms with E-state index in [-0.39, 0.29) is 32.1 Å². The van der Waals surface area contributed by atoms with E-state index in [4.69, 9.17) is 10.8 Å². The molecule has 1 aromatic carbocycles. The van der Waals surface area contributed by atoms with Crippen molar-refractivity contribution in [3.05, 3.63) is 35.9 Å². The average molecular weight is 939 g/mol. The molecule has 23 nitrogen and oxygen atoms in total. The molecule has 24 heteroatoms. The van der Waals surface area contributed by atoms with Crippen LogP contribution in [0.4, 0.5) is 0 Å². The number of amides is 6. The molecular weight excluding hydrogens is 877 g/mol. The maximum Gasteiger partial charge on any atom is 0.326 e. The van der Waals surface area contributed by atoms with Gasteiger partial charge in [-0.3, -0.25) is 43.2 Å². The predicted octanol–water partition coefficient (Wildman–Crippen LogP) is -0.327. The highest BCUT2D eigenvalue weighted by atomic mass is 31.2. The summed E-state index contributed by atoms with van der Waals surface area (Å²) < 4.78 is 0. The third kappa shape index (κ3) is 19.8. The number of carboxylic acid groups (broad SMARTS) is 4. The lowest BCUT2D eigenvalue weighted by Crippen LogP contribution is -2.57. The molecule has 1 heterocycles. The number of rotatable bonds is 23. The average Bonchev–Trinajstić information content (AvgIpc) is 3.22. The third-order valence-electron chi connectivity index (χ3n) is 10.3. The van der Waals surface area contributed by atoms with Gasteiger partial charge in [-0.15, -0.1) is 0 Å². The zero-order chi connectivity index (χ0) is 49.0. The van der Waals surface area contributed by atoms with Crippen LogP contribution in [0.1, 0.15) is 97.0 Å². The first kappa shape index (κ1) is 55.2. The number of aliphatic carboxylic acids is 4. The highest BCUT2D eigenvalue weighted by Gasteiger charge is 2.45. The van der Waals surface area contributed by atoms with Gasteiger partial charge in [0.1, 0.15) is 36.4 Å². The summed E-state index contributed by atoms with van der Waals surface area (Å²) in [5.74, 6) is -13.3. The fourth-order valence-corrected chi connectivity index (χ4v) is 8.55. The molecule has 360 valence electrons. The number of carbonyl (C=O) groups excluding carboxylic acids is 6. The van der Waals surface area contributed by atoms with Crippen molar-refractivity contribution in [1.29, 1.82) is 0 Å². The van der Waals surface area contributed by atoms with E-state index in [2.05, 4.69) is 31.6 Å². The maximum absolute atomic E-state index is 13.6. The molecule has 1 aliphatic heterocycles. The van der Waals surface area contributed by atoms with Crippen LogP contribution in [0.2, 0.25) is 0 Å². The second kappa shape index (κ2) is 26.8. The zero-order valence-corrected chi connectivity index (χ0v) is 37.3. The number of carbonyl (C=O) groups is 10. The number of hydrogen-bond donors (Lipinski definition) is 12. The number of benzene rings is 1. The first-order chi connectivity index (χ1) is 30.4. The summed E-state index contributed by atoms with van der Waals surface area (Å²) in [6.45, 7) is 4.39. The van der Waals surface area contributed by atoms with Crippen LogP contribution in [-0.4, -0.2) is 137 Å². The number of nitrogens with two attached hydrogens (primary N) is 1. The Balaban J connectivity index is 2.29. The van der Waals surface area contributed by atoms with Crippen molar-refractivity contribution in [2.75, 3.05) is 6.16 Å². The molecule has 0 saturated heterocycles. The van der Waals surface area contributed by atoms with Crippen LogP contribution < -0.4 is 32.3 Å². The van der Waals surface area contributed by atoms with Gasteiger partial charge in [0.2, 0.25) is 35.0 Å². The second-order valence-electron chi connectivity index (χ2n) is 16.2. The van der Waals surface area contributed by atoms with Crippen molar-refractivity contribution in [2.45, 2.75) is 134 Å². The summed E-state index contributed by atoms with van der Waals surface area (Å²) in [5.41, 5.74) is 5.92. The number of carboxylic acids is 4. The largest absolute Gasteiger partial charge is 0.481 e. The highest BCUT2D eigenvalue weighted by Crippen LogP contribution is 2.54. The van der Waals surface area contributed by atoms with Crippen LogP contribution in [0, 0.1) is 11.8 Å². The zero-order valence-electron chi connectivity index (χ0n) is 36.4. The Hall–Kier alpha value is -5.90. The number of nitrogens with zero attached hydrogens (tertiary/aromatic N) is 1. The van der Waals surface area contributed by atoms with E-state index >= 15 is 0 Å². The van der Waals surface area contributed by atoms with Gasteiger partial charge in [-0.05, 0) is 44.1 Å². The van der Waals surface area contributed by atoms with Gasteiger partial charge >= 0.3 is 31.6 Å². The van der Waals surface area contributed by atoms with Crippen molar-refractivity contribution < 1.29 is 78.2 Å². The molecule has 0 aromatic heterocycles. The van der Waals surface area contributed by atoms with Gasteiger partial charge in [-0.1, -0.05) is 63.4 Å². The number of aliphatic imine (C=N–C) groups is 1. The summed E-state index contributed by atoms with van der Waals surface area (Å²) in [7, 11) is -4.47. The van der Waals surface area contributed by atoms with E-state index < -0.39 is 152 Å². The monoisotopic (exact) mass is 938 g/mol. The van der Waals surface area contributed by atoms with E-state index in [1.165, 1.54) is 6.92 Å². The molecule has 2 rings (SSSR count). The lowest BCUT2D eigenvalue weighted by atomic mass is 10.0. The van der Waals surface area contributed by atoms with Gasteiger partial charge in [0, 0.05) is 25.7 Å². The fourth-order valence-electron chi connectivity index (χ4n) is 6.63. The molecule has 0 spiro atoms. The Morgan fingerprint density at radius 3 is 1.95 bits per heavy atom. The molecule has 6 amide bonds. The minimum absolute atomic E-state index is 0.0278. The number of hydrogen-bond acceptors (Lipinski definition) is 13. The van der Waals surface area contributed by atoms with E-state index in [0.29, 0.717) is 24.8 Å². The van der Waals surface area contributed by atoms with Crippen molar-refractivity contribution in [2.24, 2.45) is 22.6 Å². The molecule has 0 bridgehead atoms. The first-order valence-corrected chi connectivity index (χ1v) is 22.9. The lowest BCUT2D eigenvalue weighted by molar-refractivity contribution is -0.143. The molecule has 65 heavy (non-hydrogen) atoms. The van der Waals surface area contributed by atoms with Crippen LogP contribution in [0.5, 0.6) is 0 Å². The predicted molar refractivity (Wildman–Crippen MR) is 232 cm³/mol. The van der Waals surface area contributed by atoms with E-state index in [0.717, 1.165) is 0 Å². The molecule has 0 saturated carbocycles. The standard InChI is InChI=1S/C41H60N7O16P/c1-22(2)34(40(60)44-27(16-18-32(51)52)38(58)46-29(41(61)62)19-24-11-7-6-8-12-24)48-35(55)23(3)21-65(63,64)30-14-10-5-4-9-13-26(43-36(56)25(42)15-17-31(49)50)37(57)45-28(20-33(53)54)39(59)47-30/h6-8,11-12,22-23,25-29,34,63-64H,4-5,9-10,13-21,42H2,1-3H3,(H8-,43,44,45,46,48,49,50,51,52,53,54,55,56,57,58,60,61,62)/p+1/t23?,25-,26-,27-,28-,29-,34-/m0/s1. The van der Waals surface area contributed by atoms with Gasteiger partial charge in [0.05, 0.1) is 18.4 Å². The van der Waals surface area contributed by atoms with Crippen molar-refractivity contribution in [3.63, 3.8) is 0 Å². The maximum atomic E-state index is 13.6. The molecular formula is C41H61N7O16P+. The quantitative estimate of drug-likeness (QED) is 0.0625. The molecule has 7 atom stereocenters. The van der Waals surface area contributed by atoms with Crippen molar-refractivity contribution in [3.8, 4) is 0 Å². The molecule has 1 aromatic rings. The van der Waals surface area contributed by atoms with Gasteiger partial charge in [-0.25, -0.2) is 14.6 Å². The summed E-state index contributed by atoms with van der Waals surface area (Å²) in [6.07, 6.45) is -2.27. The minimum atomic E-state index is -4.47. The lowest BCUT2D eigenvalue weighted by Gasteiger charge is -2.27. The van der Waals surface area contributed by atoms with Crippen LogP contribution in [0.25, 0.3) is 0 Å². The second-order valence-corrected chi connectivity index (χ2v) is 18.5. The van der Waals surface area contributed by atoms with Crippen molar-refractivity contribution in [1.82, 2.24) is 26.6 Å². The molecule has 0 fully saturated rings. The molecule has 1 unspecified atom stereocenters. The minimum Gasteiger partial charge on any atom is -0.481 e. The van der Waals surface area contributed by atoms with Gasteiger partial charge in [-0.2, -0.15) is 4.99 Å². The first-order valence-electron chi connectivity index (χ1n) is 21.1. The Morgan fingerprint density at radius 1 is 0.769 bits per heavy atom. The Kier molecular flexibility index (Phi) is 22.8. The molecule has 13 N–H and O–H groups in total. The summed E-state index contributed by atoms with van der Waals surface area (Å²) in [6, 6.07) is -0.456. The van der Waals surface area contributed by atoms with Crippen LogP contribution in [0.15, 0.2) is 35.3 Å². The van der Waals surface area contributed by atoms with Crippen LogP contribution >= 0.6 is 7.72 Å². The third-order valence-corrected chi connectivity index (χ3v) is 12.5. The Labute approximate surface area is 375 Å². The summed E-state index contributed by atoms with van der Waals surface area (Å²) in [4.78, 5) is 153. The van der Waals surface area contributed by atoms with Gasteiger partial charge in [0.15, 0.2) is 0 Å². The molecule has 1 aliphatic rings. The number of nitrogens with one attached hydrogen (secondary N) is 5. The molecule has 0 aliphatic carbocycles. The van der Waals surface area contributed by atoms with E-state index in [1.54, 1.807) is 44.2 Å². The smallest absolute Gasteiger partial charge is 0.326 e. The Bertz CT molecular complexity index is 1910.